The van der Waals surface area contributed by atoms with E-state index in [1.54, 1.807) is 17.5 Å². The molecule has 4 rings (SSSR count). The fourth-order valence-corrected chi connectivity index (χ4v) is 3.28. The SMILES string of the molecule is C/C=C/Cn1c(=O)c2c(nc3n(-c4ccccc4)c(C)cn23)n(C)c1=O. The highest BCUT2D eigenvalue weighted by molar-refractivity contribution is 5.76. The highest BCUT2D eigenvalue weighted by atomic mass is 16.2. The van der Waals surface area contributed by atoms with Crippen molar-refractivity contribution in [3.8, 4) is 5.69 Å². The zero-order valence-corrected chi connectivity index (χ0v) is 14.9. The summed E-state index contributed by atoms with van der Waals surface area (Å²) in [5, 5.41) is 0. The van der Waals surface area contributed by atoms with Gasteiger partial charge in [0.25, 0.3) is 5.56 Å². The van der Waals surface area contributed by atoms with Crippen LogP contribution in [0, 0.1) is 6.92 Å². The molecule has 132 valence electrons. The number of hydrogen-bond donors (Lipinski definition) is 0. The van der Waals surface area contributed by atoms with E-state index in [4.69, 9.17) is 0 Å². The maximum Gasteiger partial charge on any atom is 0.332 e. The molecule has 0 unspecified atom stereocenters. The van der Waals surface area contributed by atoms with Crippen molar-refractivity contribution in [2.45, 2.75) is 20.4 Å². The molecule has 0 aliphatic carbocycles. The van der Waals surface area contributed by atoms with Gasteiger partial charge < -0.3 is 0 Å². The number of benzene rings is 1. The van der Waals surface area contributed by atoms with Crippen molar-refractivity contribution in [2.75, 3.05) is 0 Å². The minimum atomic E-state index is -0.371. The predicted octanol–water partition coefficient (Wildman–Crippen LogP) is 2.02. The minimum Gasteiger partial charge on any atom is -0.283 e. The third kappa shape index (κ3) is 2.17. The Kier molecular flexibility index (Phi) is 3.64. The van der Waals surface area contributed by atoms with Crippen molar-refractivity contribution in [1.29, 1.82) is 0 Å². The topological polar surface area (TPSA) is 66.2 Å². The highest BCUT2D eigenvalue weighted by Crippen LogP contribution is 2.20. The summed E-state index contributed by atoms with van der Waals surface area (Å²) in [5.41, 5.74) is 1.99. The second-order valence-corrected chi connectivity index (χ2v) is 6.22. The van der Waals surface area contributed by atoms with Crippen LogP contribution in [-0.4, -0.2) is 23.1 Å². The van der Waals surface area contributed by atoms with Crippen LogP contribution in [0.2, 0.25) is 0 Å². The first-order valence-corrected chi connectivity index (χ1v) is 8.41. The van der Waals surface area contributed by atoms with E-state index >= 15 is 0 Å². The van der Waals surface area contributed by atoms with E-state index in [9.17, 15) is 9.59 Å². The largest absolute Gasteiger partial charge is 0.332 e. The van der Waals surface area contributed by atoms with Gasteiger partial charge in [-0.1, -0.05) is 30.4 Å². The fraction of sp³-hybridized carbons (Fsp3) is 0.211. The predicted molar refractivity (Wildman–Crippen MR) is 101 cm³/mol. The average Bonchev–Trinajstić information content (AvgIpc) is 3.15. The second kappa shape index (κ2) is 5.87. The van der Waals surface area contributed by atoms with Crippen molar-refractivity contribution in [2.24, 2.45) is 7.05 Å². The van der Waals surface area contributed by atoms with E-state index in [-0.39, 0.29) is 17.8 Å². The molecule has 0 N–H and O–H groups in total. The van der Waals surface area contributed by atoms with Crippen LogP contribution in [-0.2, 0) is 13.6 Å². The molecule has 0 atom stereocenters. The molecule has 0 aliphatic rings. The van der Waals surface area contributed by atoms with Gasteiger partial charge in [0.1, 0.15) is 0 Å². The van der Waals surface area contributed by atoms with E-state index < -0.39 is 0 Å². The monoisotopic (exact) mass is 349 g/mol. The first-order valence-electron chi connectivity index (χ1n) is 8.41. The lowest BCUT2D eigenvalue weighted by Gasteiger charge is -2.06. The lowest BCUT2D eigenvalue weighted by molar-refractivity contribution is 0.666. The maximum atomic E-state index is 13.0. The van der Waals surface area contributed by atoms with Gasteiger partial charge in [0.05, 0.1) is 0 Å². The molecule has 0 saturated heterocycles. The van der Waals surface area contributed by atoms with Crippen molar-refractivity contribution >= 4 is 16.9 Å². The Labute approximate surface area is 149 Å². The first-order chi connectivity index (χ1) is 12.5. The van der Waals surface area contributed by atoms with Crippen LogP contribution >= 0.6 is 0 Å². The van der Waals surface area contributed by atoms with Gasteiger partial charge in [-0.3, -0.25) is 22.9 Å². The Hall–Kier alpha value is -3.35. The summed E-state index contributed by atoms with van der Waals surface area (Å²) < 4.78 is 6.40. The molecule has 1 aromatic carbocycles. The lowest BCUT2D eigenvalue weighted by atomic mass is 10.3. The number of hydrogen-bond acceptors (Lipinski definition) is 3. The molecule has 26 heavy (non-hydrogen) atoms. The molecule has 0 amide bonds. The van der Waals surface area contributed by atoms with Gasteiger partial charge in [-0.15, -0.1) is 0 Å². The number of imidazole rings is 2. The van der Waals surface area contributed by atoms with Gasteiger partial charge in [0.2, 0.25) is 5.78 Å². The van der Waals surface area contributed by atoms with E-state index in [1.165, 1.54) is 9.13 Å². The Morgan fingerprint density at radius 2 is 1.88 bits per heavy atom. The minimum absolute atomic E-state index is 0.240. The lowest BCUT2D eigenvalue weighted by Crippen LogP contribution is -2.39. The van der Waals surface area contributed by atoms with Gasteiger partial charge in [-0.2, -0.15) is 4.98 Å². The zero-order valence-electron chi connectivity index (χ0n) is 14.9. The molecule has 0 fully saturated rings. The summed E-state index contributed by atoms with van der Waals surface area (Å²) >= 11 is 0. The molecule has 3 heterocycles. The number of nitrogens with zero attached hydrogens (tertiary/aromatic N) is 5. The summed E-state index contributed by atoms with van der Waals surface area (Å²) in [4.78, 5) is 30.2. The van der Waals surface area contributed by atoms with Crippen LogP contribution in [0.15, 0.2) is 58.3 Å². The van der Waals surface area contributed by atoms with Crippen molar-refractivity contribution in [3.63, 3.8) is 0 Å². The highest BCUT2D eigenvalue weighted by Gasteiger charge is 2.20. The zero-order chi connectivity index (χ0) is 18.4. The third-order valence-corrected chi connectivity index (χ3v) is 4.56. The van der Waals surface area contributed by atoms with Gasteiger partial charge in [-0.05, 0) is 26.0 Å². The molecule has 0 radical (unpaired) electrons. The second-order valence-electron chi connectivity index (χ2n) is 6.22. The number of aryl methyl sites for hydroxylation is 2. The summed E-state index contributed by atoms with van der Waals surface area (Å²) in [5.74, 6) is 0.611. The molecule has 0 saturated carbocycles. The Balaban J connectivity index is 2.13. The molecule has 7 heteroatoms. The van der Waals surface area contributed by atoms with E-state index in [2.05, 4.69) is 4.98 Å². The molecule has 0 bridgehead atoms. The molecule has 7 nitrogen and oxygen atoms in total. The summed E-state index contributed by atoms with van der Waals surface area (Å²) in [6, 6.07) is 9.82. The first kappa shape index (κ1) is 16.1. The Bertz CT molecular complexity index is 1270. The normalized spacial score (nSPS) is 12.0. The summed E-state index contributed by atoms with van der Waals surface area (Å²) in [7, 11) is 1.64. The fourth-order valence-electron chi connectivity index (χ4n) is 3.28. The molecular weight excluding hydrogens is 330 g/mol. The number of rotatable bonds is 3. The van der Waals surface area contributed by atoms with Crippen LogP contribution in [0.1, 0.15) is 12.6 Å². The van der Waals surface area contributed by atoms with Crippen molar-refractivity contribution < 1.29 is 0 Å². The standard InChI is InChI=1S/C19H19N5O2/c1-4-5-11-22-17(25)15-16(21(3)19(22)26)20-18-23(15)12-13(2)24(18)14-9-7-6-8-10-14/h4-10,12H,11H2,1-3H3/b5-4+. The average molecular weight is 349 g/mol. The number of fused-ring (bicyclic) bond motifs is 3. The Morgan fingerprint density at radius 1 is 1.15 bits per heavy atom. The molecule has 0 aliphatic heterocycles. The van der Waals surface area contributed by atoms with Crippen LogP contribution in [0.5, 0.6) is 0 Å². The van der Waals surface area contributed by atoms with Gasteiger partial charge in [0, 0.05) is 31.2 Å². The number of para-hydroxylation sites is 1. The molecule has 3 aromatic heterocycles. The maximum absolute atomic E-state index is 13.0. The van der Waals surface area contributed by atoms with Crippen LogP contribution < -0.4 is 11.2 Å². The van der Waals surface area contributed by atoms with Gasteiger partial charge >= 0.3 is 5.69 Å². The van der Waals surface area contributed by atoms with Crippen LogP contribution in [0.3, 0.4) is 0 Å². The quantitative estimate of drug-likeness (QED) is 0.532. The van der Waals surface area contributed by atoms with Gasteiger partial charge in [0.15, 0.2) is 11.2 Å². The Morgan fingerprint density at radius 3 is 2.58 bits per heavy atom. The summed E-state index contributed by atoms with van der Waals surface area (Å²) in [6.45, 7) is 4.06. The molecule has 0 spiro atoms. The summed E-state index contributed by atoms with van der Waals surface area (Å²) in [6.07, 6.45) is 5.48. The van der Waals surface area contributed by atoms with Crippen molar-refractivity contribution in [3.05, 3.63) is 75.2 Å². The number of aromatic nitrogens is 5. The number of allylic oxidation sites excluding steroid dienone is 2. The third-order valence-electron chi connectivity index (χ3n) is 4.56. The van der Waals surface area contributed by atoms with Crippen LogP contribution in [0.4, 0.5) is 0 Å². The van der Waals surface area contributed by atoms with E-state index in [1.807, 2.05) is 61.0 Å². The van der Waals surface area contributed by atoms with E-state index in [0.717, 1.165) is 11.4 Å². The molecular formula is C19H19N5O2. The van der Waals surface area contributed by atoms with Gasteiger partial charge in [-0.25, -0.2) is 4.79 Å². The molecule has 4 aromatic rings. The van der Waals surface area contributed by atoms with E-state index in [0.29, 0.717) is 16.9 Å². The van der Waals surface area contributed by atoms with Crippen LogP contribution in [0.25, 0.3) is 22.6 Å². The smallest absolute Gasteiger partial charge is 0.283 e. The van der Waals surface area contributed by atoms with Crippen molar-refractivity contribution in [1.82, 2.24) is 23.1 Å².